The van der Waals surface area contributed by atoms with E-state index in [4.69, 9.17) is 14.2 Å². The molecule has 150 valence electrons. The third-order valence-corrected chi connectivity index (χ3v) is 6.03. The Morgan fingerprint density at radius 1 is 1.29 bits per heavy atom. The van der Waals surface area contributed by atoms with E-state index in [1.165, 1.54) is 0 Å². The van der Waals surface area contributed by atoms with Gasteiger partial charge in [-0.1, -0.05) is 38.1 Å². The van der Waals surface area contributed by atoms with Crippen molar-refractivity contribution < 1.29 is 23.8 Å². The first kappa shape index (κ1) is 19.0. The SMILES string of the molecule is COc1ccc([C@H](C)N2C[C@@]34C=C[C@@H](O3)[C@H](C(=O)OCC(C)C)[C@@H]4C2=O)cc1. The van der Waals surface area contributed by atoms with E-state index in [1.54, 1.807) is 7.11 Å². The van der Waals surface area contributed by atoms with Crippen molar-refractivity contribution in [3.63, 3.8) is 0 Å². The van der Waals surface area contributed by atoms with Crippen LogP contribution < -0.4 is 4.74 Å². The topological polar surface area (TPSA) is 65.1 Å². The fourth-order valence-electron chi connectivity index (χ4n) is 4.53. The van der Waals surface area contributed by atoms with E-state index in [-0.39, 0.29) is 29.9 Å². The van der Waals surface area contributed by atoms with Gasteiger partial charge in [-0.05, 0) is 30.5 Å². The first-order valence-corrected chi connectivity index (χ1v) is 9.84. The maximum Gasteiger partial charge on any atom is 0.312 e. The molecule has 0 unspecified atom stereocenters. The lowest BCUT2D eigenvalue weighted by Crippen LogP contribution is -2.40. The second-order valence-corrected chi connectivity index (χ2v) is 8.34. The number of nitrogens with zero attached hydrogens (tertiary/aromatic N) is 1. The molecule has 0 N–H and O–H groups in total. The lowest BCUT2D eigenvalue weighted by atomic mass is 9.77. The van der Waals surface area contributed by atoms with Gasteiger partial charge in [-0.2, -0.15) is 0 Å². The van der Waals surface area contributed by atoms with Crippen LogP contribution in [0.2, 0.25) is 0 Å². The van der Waals surface area contributed by atoms with Crippen molar-refractivity contribution in [1.82, 2.24) is 4.90 Å². The summed E-state index contributed by atoms with van der Waals surface area (Å²) >= 11 is 0. The maximum atomic E-state index is 13.3. The van der Waals surface area contributed by atoms with Crippen molar-refractivity contribution in [2.24, 2.45) is 17.8 Å². The summed E-state index contributed by atoms with van der Waals surface area (Å²) in [6, 6.07) is 7.58. The first-order valence-electron chi connectivity index (χ1n) is 9.84. The highest BCUT2D eigenvalue weighted by molar-refractivity contribution is 5.91. The summed E-state index contributed by atoms with van der Waals surface area (Å²) in [5.74, 6) is -0.424. The molecule has 6 heteroatoms. The van der Waals surface area contributed by atoms with Gasteiger partial charge in [-0.3, -0.25) is 9.59 Å². The number of carbonyl (C=O) groups excluding carboxylic acids is 2. The maximum absolute atomic E-state index is 13.3. The fraction of sp³-hybridized carbons (Fsp3) is 0.545. The molecule has 3 heterocycles. The fourth-order valence-corrected chi connectivity index (χ4v) is 4.53. The van der Waals surface area contributed by atoms with E-state index in [9.17, 15) is 9.59 Å². The minimum atomic E-state index is -0.718. The smallest absolute Gasteiger partial charge is 0.312 e. The molecule has 0 radical (unpaired) electrons. The Hall–Kier alpha value is -2.34. The van der Waals surface area contributed by atoms with Crippen molar-refractivity contribution in [2.45, 2.75) is 38.5 Å². The third-order valence-electron chi connectivity index (χ3n) is 6.03. The van der Waals surface area contributed by atoms with Crippen LogP contribution in [-0.4, -0.2) is 48.7 Å². The normalized spacial score (nSPS) is 31.4. The van der Waals surface area contributed by atoms with Gasteiger partial charge in [0.2, 0.25) is 5.91 Å². The molecular weight excluding hydrogens is 358 g/mol. The van der Waals surface area contributed by atoms with E-state index < -0.39 is 17.4 Å². The second kappa shape index (κ2) is 6.92. The quantitative estimate of drug-likeness (QED) is 0.557. The monoisotopic (exact) mass is 385 g/mol. The van der Waals surface area contributed by atoms with Gasteiger partial charge in [0.15, 0.2) is 0 Å². The van der Waals surface area contributed by atoms with E-state index in [0.717, 1.165) is 11.3 Å². The van der Waals surface area contributed by atoms with Crippen molar-refractivity contribution in [1.29, 1.82) is 0 Å². The number of hydrogen-bond acceptors (Lipinski definition) is 5. The lowest BCUT2D eigenvalue weighted by molar-refractivity contribution is -0.155. The second-order valence-electron chi connectivity index (χ2n) is 8.34. The molecule has 1 spiro atoms. The van der Waals surface area contributed by atoms with Gasteiger partial charge in [0.1, 0.15) is 17.3 Å². The molecule has 0 saturated carbocycles. The summed E-state index contributed by atoms with van der Waals surface area (Å²) in [5, 5.41) is 0. The van der Waals surface area contributed by atoms with Crippen molar-refractivity contribution in [3.05, 3.63) is 42.0 Å². The average molecular weight is 385 g/mol. The zero-order chi connectivity index (χ0) is 20.1. The number of rotatable bonds is 6. The molecule has 2 bridgehead atoms. The van der Waals surface area contributed by atoms with Crippen LogP contribution >= 0.6 is 0 Å². The zero-order valence-corrected chi connectivity index (χ0v) is 16.8. The summed E-state index contributed by atoms with van der Waals surface area (Å²) < 4.78 is 16.8. The molecule has 1 amide bonds. The Morgan fingerprint density at radius 2 is 2.00 bits per heavy atom. The Bertz CT molecular complexity index is 802. The number of likely N-dealkylation sites (tertiary alicyclic amines) is 1. The van der Waals surface area contributed by atoms with Crippen LogP contribution in [-0.2, 0) is 19.1 Å². The highest BCUT2D eigenvalue weighted by Gasteiger charge is 2.67. The van der Waals surface area contributed by atoms with Crippen LogP contribution in [0.4, 0.5) is 0 Å². The molecule has 0 aromatic heterocycles. The standard InChI is InChI=1S/C22H27NO5/c1-13(2)11-27-21(25)18-17-9-10-22(28-17)12-23(20(24)19(18)22)14(3)15-5-7-16(26-4)8-6-15/h5-10,13-14,17-19H,11-12H2,1-4H3/t14-,17+,18-,19+,22+/m0/s1. The molecule has 4 rings (SSSR count). The van der Waals surface area contributed by atoms with Gasteiger partial charge in [-0.15, -0.1) is 0 Å². The van der Waals surface area contributed by atoms with Crippen LogP contribution in [0, 0.1) is 17.8 Å². The highest BCUT2D eigenvalue weighted by Crippen LogP contribution is 2.53. The highest BCUT2D eigenvalue weighted by atomic mass is 16.6. The average Bonchev–Trinajstić information content (AvgIpc) is 3.34. The molecule has 2 saturated heterocycles. The first-order chi connectivity index (χ1) is 13.4. The molecule has 1 aromatic carbocycles. The summed E-state index contributed by atoms with van der Waals surface area (Å²) in [5.41, 5.74) is 0.298. The van der Waals surface area contributed by atoms with E-state index in [1.807, 2.05) is 62.1 Å². The molecule has 5 atom stereocenters. The molecule has 0 aliphatic carbocycles. The largest absolute Gasteiger partial charge is 0.497 e. The molecule has 28 heavy (non-hydrogen) atoms. The zero-order valence-electron chi connectivity index (χ0n) is 16.8. The number of methoxy groups -OCH3 is 1. The molecule has 1 aromatic rings. The Labute approximate surface area is 165 Å². The number of carbonyl (C=O) groups is 2. The van der Waals surface area contributed by atoms with Gasteiger partial charge in [0, 0.05) is 0 Å². The number of amides is 1. The Balaban J connectivity index is 1.56. The van der Waals surface area contributed by atoms with Crippen LogP contribution in [0.15, 0.2) is 36.4 Å². The Kier molecular flexibility index (Phi) is 4.70. The van der Waals surface area contributed by atoms with E-state index >= 15 is 0 Å². The predicted octanol–water partition coefficient (Wildman–Crippen LogP) is 2.74. The van der Waals surface area contributed by atoms with Crippen molar-refractivity contribution >= 4 is 11.9 Å². The Morgan fingerprint density at radius 3 is 2.64 bits per heavy atom. The van der Waals surface area contributed by atoms with Gasteiger partial charge >= 0.3 is 5.97 Å². The lowest BCUT2D eigenvalue weighted by Gasteiger charge is -2.27. The van der Waals surface area contributed by atoms with Crippen molar-refractivity contribution in [2.75, 3.05) is 20.3 Å². The minimum absolute atomic E-state index is 0.0401. The number of fused-ring (bicyclic) bond motifs is 1. The van der Waals surface area contributed by atoms with Gasteiger partial charge in [0.25, 0.3) is 0 Å². The van der Waals surface area contributed by atoms with Crippen LogP contribution in [0.3, 0.4) is 0 Å². The minimum Gasteiger partial charge on any atom is -0.497 e. The van der Waals surface area contributed by atoms with Gasteiger partial charge in [0.05, 0.1) is 38.3 Å². The van der Waals surface area contributed by atoms with Gasteiger partial charge in [-0.25, -0.2) is 0 Å². The summed E-state index contributed by atoms with van der Waals surface area (Å²) in [7, 11) is 1.63. The number of benzene rings is 1. The van der Waals surface area contributed by atoms with Crippen LogP contribution in [0.25, 0.3) is 0 Å². The summed E-state index contributed by atoms with van der Waals surface area (Å²) in [6.45, 7) is 6.78. The van der Waals surface area contributed by atoms with E-state index in [2.05, 4.69) is 0 Å². The molecule has 3 aliphatic heterocycles. The summed E-state index contributed by atoms with van der Waals surface area (Å²) in [6.07, 6.45) is 3.51. The summed E-state index contributed by atoms with van der Waals surface area (Å²) in [4.78, 5) is 27.9. The van der Waals surface area contributed by atoms with Gasteiger partial charge < -0.3 is 19.1 Å². The third kappa shape index (κ3) is 2.91. The van der Waals surface area contributed by atoms with Crippen LogP contribution in [0.1, 0.15) is 32.4 Å². The molecule has 3 aliphatic rings. The van der Waals surface area contributed by atoms with E-state index in [0.29, 0.717) is 13.2 Å². The molecular formula is C22H27NO5. The molecule has 6 nitrogen and oxygen atoms in total. The predicted molar refractivity (Wildman–Crippen MR) is 103 cm³/mol. The number of hydrogen-bond donors (Lipinski definition) is 0. The molecule has 2 fully saturated rings. The van der Waals surface area contributed by atoms with Crippen LogP contribution in [0.5, 0.6) is 5.75 Å². The number of esters is 1. The van der Waals surface area contributed by atoms with Crippen molar-refractivity contribution in [3.8, 4) is 5.75 Å². The number of ether oxygens (including phenoxy) is 3.